The van der Waals surface area contributed by atoms with E-state index in [9.17, 15) is 0 Å². The molecule has 0 amide bonds. The van der Waals surface area contributed by atoms with Crippen molar-refractivity contribution in [3.05, 3.63) is 348 Å². The maximum absolute atomic E-state index is 2.38. The van der Waals surface area contributed by atoms with Crippen LogP contribution in [0.3, 0.4) is 0 Å². The maximum Gasteiger partial charge on any atom is 0.285 e. The van der Waals surface area contributed by atoms with E-state index in [2.05, 4.69) is 466 Å². The van der Waals surface area contributed by atoms with Crippen molar-refractivity contribution < 1.29 is 36.5 Å². The van der Waals surface area contributed by atoms with Crippen LogP contribution in [0.2, 0.25) is 0 Å². The van der Waals surface area contributed by atoms with E-state index in [1.54, 1.807) is 0 Å². The van der Waals surface area contributed by atoms with Gasteiger partial charge in [-0.25, -0.2) is 0 Å². The zero-order valence-corrected chi connectivity index (χ0v) is 68.7. The van der Waals surface area contributed by atoms with Gasteiger partial charge < -0.3 is 0 Å². The van der Waals surface area contributed by atoms with Gasteiger partial charge in [-0.05, 0) is 191 Å². The highest BCUT2D eigenvalue weighted by Crippen LogP contribution is 2.37. The van der Waals surface area contributed by atoms with Crippen LogP contribution in [0.15, 0.2) is 304 Å². The SMILES string of the molecule is Cc1c(-c2cc(CC(C)(C)C)cc(-c3cccc[n+]3C)[n+]2C)ccc2ccccc12.Cc1cc(-c2c(C)ccc3ccccc23)[n+](C)c(-c2cccc[n+]2C)c1C.Cc1cc(-c2cc3ccccc3cc2C)[n+](C)c(-c2cccc[n+]2C)c1.Cc1ccccc1-c1c2ccccc2cc(-c2c3ccccc3cc[n+]2C)[n+]1C. The average molecular weight is 1470 g/mol. The van der Waals surface area contributed by atoms with E-state index in [0.717, 1.165) is 6.42 Å². The number of hydrogen-bond donors (Lipinski definition) is 0. The molecule has 0 radical (unpaired) electrons. The molecule has 0 aliphatic rings. The summed E-state index contributed by atoms with van der Waals surface area (Å²) in [7, 11) is 17.2. The molecule has 112 heavy (non-hydrogen) atoms. The molecule has 17 aromatic rings. The standard InChI is InChI=1S/C28H32N2.C27H24N2.C25H26N2.C24H24N2/c1-20-23-12-8-7-11-22(23)14-15-24(20)26-17-21(19-28(2,3)4)18-27(30(26)6)25-13-9-10-16-29(25)5;1-19-10-4-7-13-22(19)26-24-15-9-6-12-21(24)18-25(29(26)3)27-23-14-8-5-11-20(23)16-17-28(27)2;1-17-13-14-20-10-6-7-11-21(20)24(17)23-16-18(2)19(3)25(27(23)5)22-12-8-9-15-26(22)4;1-17-13-23(21-16-20-10-6-5-9-19(20)15-18(21)2)26(4)24(14-17)22-11-7-8-12-25(22)3/h7-18H,19H2,1-6H3;4-18H,1-3H3;6-16H,1-5H3;5-16H,1-4H3/q4*+2. The van der Waals surface area contributed by atoms with Gasteiger partial charge in [0.2, 0.25) is 22.8 Å². The third kappa shape index (κ3) is 15.4. The van der Waals surface area contributed by atoms with Gasteiger partial charge in [-0.2, -0.15) is 36.5 Å². The van der Waals surface area contributed by atoms with E-state index in [1.165, 1.54) is 189 Å². The molecule has 0 bridgehead atoms. The first kappa shape index (κ1) is 76.3. The number of aromatic nitrogens is 8. The minimum atomic E-state index is 0.228. The van der Waals surface area contributed by atoms with Crippen molar-refractivity contribution in [3.63, 3.8) is 0 Å². The number of rotatable bonds is 9. The summed E-state index contributed by atoms with van der Waals surface area (Å²) in [6.07, 6.45) is 9.52. The zero-order valence-electron chi connectivity index (χ0n) is 68.7. The lowest BCUT2D eigenvalue weighted by molar-refractivity contribution is -0.685. The van der Waals surface area contributed by atoms with Crippen molar-refractivity contribution in [2.45, 2.75) is 75.7 Å². The van der Waals surface area contributed by atoms with Gasteiger partial charge in [-0.1, -0.05) is 172 Å². The molecule has 8 heteroatoms. The molecule has 0 aliphatic heterocycles. The molecule has 0 N–H and O–H groups in total. The van der Waals surface area contributed by atoms with E-state index in [4.69, 9.17) is 0 Å². The van der Waals surface area contributed by atoms with Gasteiger partial charge >= 0.3 is 0 Å². The number of nitrogens with zero attached hydrogens (tertiary/aromatic N) is 8. The quantitative estimate of drug-likeness (QED) is 0.129. The molecule has 0 fully saturated rings. The van der Waals surface area contributed by atoms with Gasteiger partial charge in [0.15, 0.2) is 24.8 Å². The number of hydrogen-bond acceptors (Lipinski definition) is 0. The van der Waals surface area contributed by atoms with E-state index in [0.29, 0.717) is 0 Å². The monoisotopic (exact) mass is 1470 g/mol. The molecule has 0 spiro atoms. The second kappa shape index (κ2) is 32.2. The number of aryl methyl sites for hydroxylation is 10. The fourth-order valence-electron chi connectivity index (χ4n) is 16.6. The Morgan fingerprint density at radius 2 is 0.705 bits per heavy atom. The molecule has 8 heterocycles. The van der Waals surface area contributed by atoms with Crippen molar-refractivity contribution in [2.75, 3.05) is 0 Å². The van der Waals surface area contributed by atoms with Crippen LogP contribution in [0.4, 0.5) is 0 Å². The smallest absolute Gasteiger partial charge is 0.196 e. The Bertz CT molecular complexity index is 6470. The van der Waals surface area contributed by atoms with Crippen LogP contribution in [0, 0.1) is 53.9 Å². The summed E-state index contributed by atoms with van der Waals surface area (Å²) in [6.45, 7) is 22.4. The average Bonchev–Trinajstić information content (AvgIpc) is 0.746. The molecule has 17 rings (SSSR count). The lowest BCUT2D eigenvalue weighted by Gasteiger charge is -2.19. The van der Waals surface area contributed by atoms with Gasteiger partial charge in [0.25, 0.3) is 45.6 Å². The number of benzene rings is 9. The summed E-state index contributed by atoms with van der Waals surface area (Å²) >= 11 is 0. The number of fused-ring (bicyclic) bond motifs is 5. The molecule has 0 saturated carbocycles. The summed E-state index contributed by atoms with van der Waals surface area (Å²) in [5.74, 6) is 0. The highest BCUT2D eigenvalue weighted by Gasteiger charge is 2.33. The molecular weight excluding hydrogens is 1360 g/mol. The fourth-order valence-corrected chi connectivity index (χ4v) is 16.6. The van der Waals surface area contributed by atoms with Crippen LogP contribution in [0.5, 0.6) is 0 Å². The van der Waals surface area contributed by atoms with E-state index in [1.807, 2.05) is 0 Å². The second-order valence-electron chi connectivity index (χ2n) is 31.8. The summed E-state index contributed by atoms with van der Waals surface area (Å²) in [5, 5.41) is 12.8. The van der Waals surface area contributed by atoms with Crippen LogP contribution < -0.4 is 36.5 Å². The minimum Gasteiger partial charge on any atom is -0.196 e. The van der Waals surface area contributed by atoms with E-state index in [-0.39, 0.29) is 5.41 Å². The molecule has 554 valence electrons. The lowest BCUT2D eigenvalue weighted by atomic mass is 9.87. The van der Waals surface area contributed by atoms with Crippen molar-refractivity contribution >= 4 is 53.9 Å². The molecule has 0 saturated heterocycles. The number of pyridine rings is 8. The van der Waals surface area contributed by atoms with Crippen LogP contribution in [-0.4, -0.2) is 0 Å². The van der Waals surface area contributed by atoms with Crippen molar-refractivity contribution in [1.82, 2.24) is 0 Å². The highest BCUT2D eigenvalue weighted by molar-refractivity contribution is 5.99. The first-order chi connectivity index (χ1) is 53.9. The predicted octanol–water partition coefficient (Wildman–Crippen LogP) is 20.2. The van der Waals surface area contributed by atoms with Crippen molar-refractivity contribution in [1.29, 1.82) is 0 Å². The molecule has 0 aliphatic carbocycles. The first-order valence-corrected chi connectivity index (χ1v) is 39.1. The van der Waals surface area contributed by atoms with Gasteiger partial charge in [-0.15, -0.1) is 0 Å². The Morgan fingerprint density at radius 1 is 0.241 bits per heavy atom. The van der Waals surface area contributed by atoms with Crippen LogP contribution in [-0.2, 0) is 62.8 Å². The van der Waals surface area contributed by atoms with Crippen molar-refractivity contribution in [2.24, 2.45) is 61.8 Å². The van der Waals surface area contributed by atoms with Gasteiger partial charge in [0, 0.05) is 101 Å². The Morgan fingerprint density at radius 3 is 1.31 bits per heavy atom. The van der Waals surface area contributed by atoms with Gasteiger partial charge in [-0.3, -0.25) is 0 Å². The summed E-state index contributed by atoms with van der Waals surface area (Å²) < 4.78 is 18.2. The Hall–Kier alpha value is -12.5. The highest BCUT2D eigenvalue weighted by atomic mass is 15.0. The molecule has 8 aromatic heterocycles. The Labute approximate surface area is 662 Å². The summed E-state index contributed by atoms with van der Waals surface area (Å²) in [4.78, 5) is 0. The predicted molar refractivity (Wildman–Crippen MR) is 463 cm³/mol. The lowest BCUT2D eigenvalue weighted by Crippen LogP contribution is -2.41. The summed E-state index contributed by atoms with van der Waals surface area (Å²) in [5.41, 5.74) is 30.7. The third-order valence-corrected chi connectivity index (χ3v) is 22.6. The Kier molecular flexibility index (Phi) is 21.9. The summed E-state index contributed by atoms with van der Waals surface area (Å²) in [6, 6.07) is 101. The molecule has 0 unspecified atom stereocenters. The first-order valence-electron chi connectivity index (χ1n) is 39.1. The van der Waals surface area contributed by atoms with Gasteiger partial charge in [0.1, 0.15) is 56.4 Å². The van der Waals surface area contributed by atoms with Crippen LogP contribution in [0.25, 0.3) is 144 Å². The maximum atomic E-state index is 2.38. The third-order valence-electron chi connectivity index (χ3n) is 22.6. The molecule has 9 aromatic carbocycles. The van der Waals surface area contributed by atoms with E-state index < -0.39 is 0 Å². The fraction of sp³-hybridized carbons (Fsp3) is 0.192. The van der Waals surface area contributed by atoms with Crippen LogP contribution >= 0.6 is 0 Å². The zero-order chi connectivity index (χ0) is 78.8. The van der Waals surface area contributed by atoms with Crippen molar-refractivity contribution in [3.8, 4) is 90.6 Å². The van der Waals surface area contributed by atoms with Gasteiger partial charge in [0.05, 0.1) is 16.3 Å². The molecule has 8 nitrogen and oxygen atoms in total. The topological polar surface area (TPSA) is 31.0 Å². The van der Waals surface area contributed by atoms with E-state index >= 15 is 0 Å². The Balaban J connectivity index is 0.000000124. The molecule has 0 atom stereocenters. The second-order valence-corrected chi connectivity index (χ2v) is 31.8. The normalized spacial score (nSPS) is 11.3. The largest absolute Gasteiger partial charge is 0.285 e. The minimum absolute atomic E-state index is 0.228. The molecular formula is C104H106N8+8. The van der Waals surface area contributed by atoms with Crippen LogP contribution in [0.1, 0.15) is 65.3 Å².